The number of amides is 1. The van der Waals surface area contributed by atoms with Gasteiger partial charge in [-0.1, -0.05) is 52.3 Å². The van der Waals surface area contributed by atoms with E-state index in [-0.39, 0.29) is 11.3 Å². The summed E-state index contributed by atoms with van der Waals surface area (Å²) < 4.78 is 0.988. The van der Waals surface area contributed by atoms with Gasteiger partial charge in [-0.15, -0.1) is 0 Å². The molecule has 1 unspecified atom stereocenters. The SMILES string of the molecule is CN1C(=O)C2(N=C1N)c1cc(Br)ccc1CC21CCC(Cc2ccccc2)CC1. The van der Waals surface area contributed by atoms with Gasteiger partial charge in [0.2, 0.25) is 0 Å². The first kappa shape index (κ1) is 18.9. The summed E-state index contributed by atoms with van der Waals surface area (Å²) in [6.45, 7) is 0. The van der Waals surface area contributed by atoms with Gasteiger partial charge in [-0.25, -0.2) is 4.99 Å². The molecule has 5 rings (SSSR count). The van der Waals surface area contributed by atoms with E-state index in [1.54, 1.807) is 11.9 Å². The third kappa shape index (κ3) is 2.70. The molecule has 2 aromatic rings. The van der Waals surface area contributed by atoms with Crippen molar-refractivity contribution >= 4 is 27.8 Å². The second-order valence-corrected chi connectivity index (χ2v) is 9.85. The zero-order chi connectivity index (χ0) is 20.2. The van der Waals surface area contributed by atoms with Crippen LogP contribution in [0, 0.1) is 11.3 Å². The minimum atomic E-state index is -0.858. The van der Waals surface area contributed by atoms with Crippen LogP contribution in [0.5, 0.6) is 0 Å². The highest BCUT2D eigenvalue weighted by molar-refractivity contribution is 9.10. The number of nitrogens with zero attached hydrogens (tertiary/aromatic N) is 2. The second-order valence-electron chi connectivity index (χ2n) is 8.94. The first-order valence-electron chi connectivity index (χ1n) is 10.4. The highest BCUT2D eigenvalue weighted by Gasteiger charge is 2.66. The fourth-order valence-electron chi connectivity index (χ4n) is 5.90. The number of rotatable bonds is 2. The Morgan fingerprint density at radius 1 is 1.17 bits per heavy atom. The van der Waals surface area contributed by atoms with E-state index in [9.17, 15) is 4.79 Å². The third-order valence-electron chi connectivity index (χ3n) is 7.43. The molecule has 5 heteroatoms. The predicted molar refractivity (Wildman–Crippen MR) is 118 cm³/mol. The Labute approximate surface area is 180 Å². The van der Waals surface area contributed by atoms with Gasteiger partial charge in [0.15, 0.2) is 11.5 Å². The van der Waals surface area contributed by atoms with E-state index in [0.29, 0.717) is 11.9 Å². The quantitative estimate of drug-likeness (QED) is 0.734. The molecule has 2 spiro atoms. The van der Waals surface area contributed by atoms with Crippen molar-refractivity contribution in [2.45, 2.75) is 44.1 Å². The highest BCUT2D eigenvalue weighted by Crippen LogP contribution is 2.62. The van der Waals surface area contributed by atoms with Gasteiger partial charge in [-0.05, 0) is 73.3 Å². The number of likely N-dealkylation sites (N-methyl/N-ethyl adjacent to an activating group) is 1. The number of guanidine groups is 1. The topological polar surface area (TPSA) is 58.7 Å². The number of carbonyl (C=O) groups excluding carboxylic acids is 1. The van der Waals surface area contributed by atoms with Gasteiger partial charge in [0, 0.05) is 16.9 Å². The molecule has 0 aromatic heterocycles. The maximum atomic E-state index is 13.6. The second kappa shape index (κ2) is 6.69. The highest BCUT2D eigenvalue weighted by atomic mass is 79.9. The molecule has 1 saturated carbocycles. The summed E-state index contributed by atoms with van der Waals surface area (Å²) in [4.78, 5) is 20.0. The number of halogens is 1. The van der Waals surface area contributed by atoms with Crippen LogP contribution >= 0.6 is 15.9 Å². The molecule has 3 aliphatic rings. The van der Waals surface area contributed by atoms with Gasteiger partial charge < -0.3 is 5.73 Å². The Hall–Kier alpha value is -2.14. The van der Waals surface area contributed by atoms with E-state index in [2.05, 4.69) is 64.5 Å². The lowest BCUT2D eigenvalue weighted by atomic mass is 9.59. The number of carbonyl (C=O) groups is 1. The summed E-state index contributed by atoms with van der Waals surface area (Å²) in [5.41, 5.74) is 8.85. The molecule has 1 amide bonds. The fraction of sp³-hybridized carbons (Fsp3) is 0.417. The monoisotopic (exact) mass is 451 g/mol. The standard InChI is InChI=1S/C24H26BrN3O/c1-28-21(29)24(27-22(28)26)20-14-19(25)8-7-18(20)15-23(24)11-9-17(10-12-23)13-16-5-3-2-4-6-16/h2-8,14,17H,9-13,15H2,1H3,(H2,26,27). The first-order valence-corrected chi connectivity index (χ1v) is 11.2. The Kier molecular flexibility index (Phi) is 4.35. The van der Waals surface area contributed by atoms with Crippen LogP contribution in [0.1, 0.15) is 42.4 Å². The zero-order valence-corrected chi connectivity index (χ0v) is 18.3. The molecule has 1 fully saturated rings. The van der Waals surface area contributed by atoms with Gasteiger partial charge in [0.1, 0.15) is 0 Å². The first-order chi connectivity index (χ1) is 13.9. The van der Waals surface area contributed by atoms with Crippen molar-refractivity contribution in [2.24, 2.45) is 22.1 Å². The lowest BCUT2D eigenvalue weighted by Gasteiger charge is -2.45. The number of nitrogens with two attached hydrogens (primary N) is 1. The van der Waals surface area contributed by atoms with E-state index in [0.717, 1.165) is 48.6 Å². The number of benzene rings is 2. The summed E-state index contributed by atoms with van der Waals surface area (Å²) in [6, 6.07) is 17.1. The number of fused-ring (bicyclic) bond motifs is 3. The van der Waals surface area contributed by atoms with Crippen molar-refractivity contribution in [1.29, 1.82) is 0 Å². The van der Waals surface area contributed by atoms with E-state index < -0.39 is 5.54 Å². The average molecular weight is 452 g/mol. The predicted octanol–water partition coefficient (Wildman–Crippen LogP) is 4.41. The minimum Gasteiger partial charge on any atom is -0.369 e. The summed E-state index contributed by atoms with van der Waals surface area (Å²) in [7, 11) is 1.75. The van der Waals surface area contributed by atoms with Crippen LogP contribution in [-0.2, 0) is 23.2 Å². The maximum Gasteiger partial charge on any atom is 0.262 e. The number of aliphatic imine (C=N–C) groups is 1. The molecule has 150 valence electrons. The van der Waals surface area contributed by atoms with Crippen molar-refractivity contribution in [3.8, 4) is 0 Å². The van der Waals surface area contributed by atoms with Gasteiger partial charge in [0.05, 0.1) is 0 Å². The lowest BCUT2D eigenvalue weighted by molar-refractivity contribution is -0.136. The molecule has 4 nitrogen and oxygen atoms in total. The molecular weight excluding hydrogens is 426 g/mol. The van der Waals surface area contributed by atoms with Gasteiger partial charge >= 0.3 is 0 Å². The largest absolute Gasteiger partial charge is 0.369 e. The fourth-order valence-corrected chi connectivity index (χ4v) is 6.26. The van der Waals surface area contributed by atoms with Crippen LogP contribution in [0.4, 0.5) is 0 Å². The molecule has 1 aliphatic heterocycles. The van der Waals surface area contributed by atoms with Crippen molar-refractivity contribution in [1.82, 2.24) is 4.90 Å². The number of hydrogen-bond acceptors (Lipinski definition) is 3. The molecule has 2 aromatic carbocycles. The molecule has 29 heavy (non-hydrogen) atoms. The average Bonchev–Trinajstić information content (AvgIpc) is 3.12. The molecular formula is C24H26BrN3O. The maximum absolute atomic E-state index is 13.6. The summed E-state index contributed by atoms with van der Waals surface area (Å²) in [5.74, 6) is 1.04. The summed E-state index contributed by atoms with van der Waals surface area (Å²) >= 11 is 3.60. The van der Waals surface area contributed by atoms with Crippen LogP contribution in [-0.4, -0.2) is 23.8 Å². The lowest BCUT2D eigenvalue weighted by Crippen LogP contribution is -2.51. The van der Waals surface area contributed by atoms with Crippen LogP contribution in [0.15, 0.2) is 58.0 Å². The third-order valence-corrected chi connectivity index (χ3v) is 7.92. The number of hydrogen-bond donors (Lipinski definition) is 1. The minimum absolute atomic E-state index is 0.0355. The molecule has 2 N–H and O–H groups in total. The zero-order valence-electron chi connectivity index (χ0n) is 16.7. The molecule has 1 heterocycles. The molecule has 2 aliphatic carbocycles. The molecule has 0 bridgehead atoms. The van der Waals surface area contributed by atoms with E-state index >= 15 is 0 Å². The van der Waals surface area contributed by atoms with Crippen molar-refractivity contribution in [2.75, 3.05) is 7.05 Å². The summed E-state index contributed by atoms with van der Waals surface area (Å²) in [6.07, 6.45) is 6.28. The summed E-state index contributed by atoms with van der Waals surface area (Å²) in [5, 5.41) is 0. The Balaban J connectivity index is 1.50. The van der Waals surface area contributed by atoms with Gasteiger partial charge in [-0.2, -0.15) is 0 Å². The smallest absolute Gasteiger partial charge is 0.262 e. The van der Waals surface area contributed by atoms with Gasteiger partial charge in [0.25, 0.3) is 5.91 Å². The molecule has 0 radical (unpaired) electrons. The van der Waals surface area contributed by atoms with Crippen LogP contribution in [0.2, 0.25) is 0 Å². The Morgan fingerprint density at radius 3 is 2.55 bits per heavy atom. The molecule has 0 saturated heterocycles. The van der Waals surface area contributed by atoms with Crippen LogP contribution in [0.3, 0.4) is 0 Å². The van der Waals surface area contributed by atoms with Crippen LogP contribution < -0.4 is 5.73 Å². The van der Waals surface area contributed by atoms with E-state index in [4.69, 9.17) is 10.7 Å². The van der Waals surface area contributed by atoms with E-state index in [1.807, 2.05) is 0 Å². The van der Waals surface area contributed by atoms with Crippen molar-refractivity contribution in [3.63, 3.8) is 0 Å². The Bertz CT molecular complexity index is 994. The van der Waals surface area contributed by atoms with Crippen LogP contribution in [0.25, 0.3) is 0 Å². The van der Waals surface area contributed by atoms with Crippen molar-refractivity contribution < 1.29 is 4.79 Å². The van der Waals surface area contributed by atoms with Crippen molar-refractivity contribution in [3.05, 3.63) is 69.7 Å². The Morgan fingerprint density at radius 2 is 1.90 bits per heavy atom. The normalized spacial score (nSPS) is 30.8. The van der Waals surface area contributed by atoms with Gasteiger partial charge in [-0.3, -0.25) is 9.69 Å². The van der Waals surface area contributed by atoms with E-state index in [1.165, 1.54) is 11.1 Å². The molecule has 1 atom stereocenters.